The van der Waals surface area contributed by atoms with Crippen molar-refractivity contribution >= 4 is 10.9 Å². The third-order valence-corrected chi connectivity index (χ3v) is 4.47. The Labute approximate surface area is 142 Å². The molecule has 130 valence electrons. The van der Waals surface area contributed by atoms with E-state index in [9.17, 15) is 13.2 Å². The molecule has 1 aromatic carbocycles. The maximum Gasteiger partial charge on any atom is 0.451 e. The molecule has 2 aromatic heterocycles. The van der Waals surface area contributed by atoms with Crippen molar-refractivity contribution in [3.05, 3.63) is 53.2 Å². The van der Waals surface area contributed by atoms with Crippen LogP contribution < -0.4 is 0 Å². The van der Waals surface area contributed by atoms with E-state index in [1.165, 1.54) is 6.20 Å². The number of aromatic nitrogens is 4. The van der Waals surface area contributed by atoms with Crippen LogP contribution >= 0.6 is 0 Å². The summed E-state index contributed by atoms with van der Waals surface area (Å²) in [5.41, 5.74) is 3.27. The van der Waals surface area contributed by atoms with Crippen LogP contribution in [0.4, 0.5) is 13.2 Å². The summed E-state index contributed by atoms with van der Waals surface area (Å²) in [5, 5.41) is 5.68. The van der Waals surface area contributed by atoms with Crippen LogP contribution in [0.5, 0.6) is 0 Å². The van der Waals surface area contributed by atoms with Crippen molar-refractivity contribution in [2.24, 2.45) is 7.05 Å². The van der Waals surface area contributed by atoms with Gasteiger partial charge in [0, 0.05) is 50.2 Å². The number of halogens is 3. The molecule has 0 saturated heterocycles. The van der Waals surface area contributed by atoms with Gasteiger partial charge >= 0.3 is 6.18 Å². The van der Waals surface area contributed by atoms with E-state index < -0.39 is 12.0 Å². The zero-order valence-electron chi connectivity index (χ0n) is 13.6. The summed E-state index contributed by atoms with van der Waals surface area (Å²) < 4.78 is 40.0. The van der Waals surface area contributed by atoms with Gasteiger partial charge in [-0.15, -0.1) is 0 Å². The molecule has 8 heteroatoms. The number of fused-ring (bicyclic) bond motifs is 2. The predicted octanol–water partition coefficient (Wildman–Crippen LogP) is 2.94. The molecule has 0 unspecified atom stereocenters. The minimum Gasteiger partial charge on any atom is -0.293 e. The molecule has 0 saturated carbocycles. The first-order chi connectivity index (χ1) is 11.9. The molecule has 0 atom stereocenters. The first-order valence-electron chi connectivity index (χ1n) is 7.97. The second-order valence-corrected chi connectivity index (χ2v) is 6.21. The summed E-state index contributed by atoms with van der Waals surface area (Å²) >= 11 is 0. The lowest BCUT2D eigenvalue weighted by Gasteiger charge is -2.27. The van der Waals surface area contributed by atoms with Crippen molar-refractivity contribution in [3.63, 3.8) is 0 Å². The van der Waals surface area contributed by atoms with Crippen molar-refractivity contribution in [1.82, 2.24) is 24.6 Å². The summed E-state index contributed by atoms with van der Waals surface area (Å²) in [6.45, 7) is 1.81. The van der Waals surface area contributed by atoms with Crippen molar-refractivity contribution in [3.8, 4) is 0 Å². The minimum absolute atomic E-state index is 0.478. The highest BCUT2D eigenvalue weighted by Gasteiger charge is 2.35. The topological polar surface area (TPSA) is 46.8 Å². The van der Waals surface area contributed by atoms with Gasteiger partial charge in [0.2, 0.25) is 5.82 Å². The molecule has 3 heterocycles. The third-order valence-electron chi connectivity index (χ3n) is 4.47. The van der Waals surface area contributed by atoms with E-state index in [1.54, 1.807) is 0 Å². The first kappa shape index (κ1) is 16.0. The first-order valence-corrected chi connectivity index (χ1v) is 7.97. The number of hydrogen-bond donors (Lipinski definition) is 0. The van der Waals surface area contributed by atoms with Crippen molar-refractivity contribution in [1.29, 1.82) is 0 Å². The summed E-state index contributed by atoms with van der Waals surface area (Å²) in [7, 11) is 1.91. The molecule has 4 rings (SSSR count). The number of aryl methyl sites for hydroxylation is 1. The van der Waals surface area contributed by atoms with Gasteiger partial charge < -0.3 is 0 Å². The zero-order chi connectivity index (χ0) is 17.6. The molecule has 0 amide bonds. The Morgan fingerprint density at radius 3 is 2.80 bits per heavy atom. The lowest BCUT2D eigenvalue weighted by atomic mass is 10.1. The van der Waals surface area contributed by atoms with E-state index in [0.29, 0.717) is 31.7 Å². The quantitative estimate of drug-likeness (QED) is 0.715. The molecule has 1 aliphatic heterocycles. The number of benzene rings is 1. The molecule has 3 aromatic rings. The standard InChI is InChI=1S/C17H16F3N5/c1-24-15-5-3-2-4-12(15)14(23-24)10-25-7-6-13-11(9-25)8-21-16(22-13)17(18,19)20/h2-5,8H,6-7,9-10H2,1H3. The van der Waals surface area contributed by atoms with Crippen molar-refractivity contribution < 1.29 is 13.2 Å². The fourth-order valence-electron chi connectivity index (χ4n) is 3.26. The van der Waals surface area contributed by atoms with Crippen molar-refractivity contribution in [2.45, 2.75) is 25.7 Å². The maximum atomic E-state index is 12.7. The Kier molecular flexibility index (Phi) is 3.72. The predicted molar refractivity (Wildman–Crippen MR) is 85.6 cm³/mol. The fourth-order valence-corrected chi connectivity index (χ4v) is 3.26. The van der Waals surface area contributed by atoms with Gasteiger partial charge in [0.15, 0.2) is 0 Å². The normalized spacial score (nSPS) is 15.5. The molecular weight excluding hydrogens is 331 g/mol. The second kappa shape index (κ2) is 5.80. The molecule has 0 fully saturated rings. The molecule has 0 N–H and O–H groups in total. The van der Waals surface area contributed by atoms with E-state index >= 15 is 0 Å². The Morgan fingerprint density at radius 1 is 1.20 bits per heavy atom. The van der Waals surface area contributed by atoms with Gasteiger partial charge in [-0.2, -0.15) is 18.3 Å². The smallest absolute Gasteiger partial charge is 0.293 e. The zero-order valence-corrected chi connectivity index (χ0v) is 13.6. The van der Waals surface area contributed by atoms with E-state index in [0.717, 1.165) is 22.2 Å². The van der Waals surface area contributed by atoms with Crippen molar-refractivity contribution in [2.75, 3.05) is 6.54 Å². The highest BCUT2D eigenvalue weighted by atomic mass is 19.4. The molecule has 0 radical (unpaired) electrons. The maximum absolute atomic E-state index is 12.7. The van der Waals surface area contributed by atoms with E-state index in [2.05, 4.69) is 20.0 Å². The van der Waals surface area contributed by atoms with Gasteiger partial charge in [-0.25, -0.2) is 9.97 Å². The van der Waals surface area contributed by atoms with E-state index in [-0.39, 0.29) is 0 Å². The Bertz CT molecular complexity index is 932. The van der Waals surface area contributed by atoms with Crippen LogP contribution in [-0.4, -0.2) is 31.2 Å². The molecule has 0 spiro atoms. The summed E-state index contributed by atoms with van der Waals surface area (Å²) in [4.78, 5) is 9.33. The number of para-hydroxylation sites is 1. The Balaban J connectivity index is 1.56. The minimum atomic E-state index is -4.50. The van der Waals surface area contributed by atoms with Crippen LogP contribution in [0.15, 0.2) is 30.5 Å². The highest BCUT2D eigenvalue weighted by molar-refractivity contribution is 5.81. The van der Waals surface area contributed by atoms with E-state index in [1.807, 2.05) is 36.0 Å². The number of alkyl halides is 3. The lowest BCUT2D eigenvalue weighted by molar-refractivity contribution is -0.145. The lowest BCUT2D eigenvalue weighted by Crippen LogP contribution is -2.31. The van der Waals surface area contributed by atoms with Gasteiger partial charge in [0.05, 0.1) is 16.9 Å². The average Bonchev–Trinajstić information content (AvgIpc) is 2.90. The van der Waals surface area contributed by atoms with Crippen LogP contribution in [-0.2, 0) is 32.7 Å². The van der Waals surface area contributed by atoms with Gasteiger partial charge in [-0.3, -0.25) is 9.58 Å². The molecule has 0 aliphatic carbocycles. The second-order valence-electron chi connectivity index (χ2n) is 6.21. The molecule has 5 nitrogen and oxygen atoms in total. The SMILES string of the molecule is Cn1nc(CN2CCc3nc(C(F)(F)F)ncc3C2)c2ccccc21. The average molecular weight is 347 g/mol. The number of hydrogen-bond acceptors (Lipinski definition) is 4. The van der Waals surface area contributed by atoms with Gasteiger partial charge in [-0.1, -0.05) is 18.2 Å². The Hall–Kier alpha value is -2.48. The molecule has 1 aliphatic rings. The Morgan fingerprint density at radius 2 is 2.00 bits per heavy atom. The largest absolute Gasteiger partial charge is 0.451 e. The van der Waals surface area contributed by atoms with Crippen LogP contribution in [0.3, 0.4) is 0 Å². The molecular formula is C17H16F3N5. The monoisotopic (exact) mass is 347 g/mol. The van der Waals surface area contributed by atoms with Gasteiger partial charge in [0.1, 0.15) is 0 Å². The number of nitrogens with zero attached hydrogens (tertiary/aromatic N) is 5. The molecule has 0 bridgehead atoms. The van der Waals surface area contributed by atoms with Crippen LogP contribution in [0, 0.1) is 0 Å². The van der Waals surface area contributed by atoms with Crippen LogP contribution in [0.2, 0.25) is 0 Å². The third kappa shape index (κ3) is 2.97. The fraction of sp³-hybridized carbons (Fsp3) is 0.353. The summed E-state index contributed by atoms with van der Waals surface area (Å²) in [5.74, 6) is -1.06. The summed E-state index contributed by atoms with van der Waals surface area (Å²) in [6.07, 6.45) is -2.72. The molecule has 25 heavy (non-hydrogen) atoms. The number of rotatable bonds is 2. The van der Waals surface area contributed by atoms with Gasteiger partial charge in [0.25, 0.3) is 0 Å². The van der Waals surface area contributed by atoms with Crippen LogP contribution in [0.25, 0.3) is 10.9 Å². The van der Waals surface area contributed by atoms with Crippen LogP contribution in [0.1, 0.15) is 22.8 Å². The van der Waals surface area contributed by atoms with Gasteiger partial charge in [-0.05, 0) is 6.07 Å². The summed E-state index contributed by atoms with van der Waals surface area (Å²) in [6, 6.07) is 8.00. The highest BCUT2D eigenvalue weighted by Crippen LogP contribution is 2.28. The van der Waals surface area contributed by atoms with E-state index in [4.69, 9.17) is 0 Å².